The topological polar surface area (TPSA) is 203 Å². The monoisotopic (exact) mass is 723 g/mol. The molecule has 296 valence electrons. The Kier molecular flexibility index (Phi) is 27.1. The van der Waals surface area contributed by atoms with Gasteiger partial charge in [-0.3, -0.25) is 19.2 Å². The van der Waals surface area contributed by atoms with Crippen molar-refractivity contribution >= 4 is 35.2 Å². The van der Waals surface area contributed by atoms with Crippen molar-refractivity contribution < 1.29 is 28.8 Å². The number of rotatable bonds is 32. The predicted molar refractivity (Wildman–Crippen MR) is 205 cm³/mol. The second-order valence-electron chi connectivity index (χ2n) is 15.8. The van der Waals surface area contributed by atoms with Gasteiger partial charge in [-0.25, -0.2) is 4.79 Å². The second kappa shape index (κ2) is 28.7. The van der Waals surface area contributed by atoms with Gasteiger partial charge in [0.25, 0.3) is 0 Å². The van der Waals surface area contributed by atoms with Gasteiger partial charge in [0.15, 0.2) is 5.78 Å². The lowest BCUT2D eigenvalue weighted by Gasteiger charge is -2.26. The summed E-state index contributed by atoms with van der Waals surface area (Å²) in [6.45, 7) is 14.4. The fourth-order valence-electron chi connectivity index (χ4n) is 6.18. The summed E-state index contributed by atoms with van der Waals surface area (Å²) >= 11 is 0. The zero-order valence-electron chi connectivity index (χ0n) is 33.0. The molecule has 0 saturated carbocycles. The molecule has 0 aliphatic carbocycles. The van der Waals surface area contributed by atoms with E-state index in [2.05, 4.69) is 42.0 Å². The quantitative estimate of drug-likeness (QED) is 0.0515. The van der Waals surface area contributed by atoms with Gasteiger partial charge in [-0.2, -0.15) is 0 Å². The van der Waals surface area contributed by atoms with E-state index in [1.165, 1.54) is 26.2 Å². The molecule has 0 radical (unpaired) electrons. The van der Waals surface area contributed by atoms with E-state index in [1.54, 1.807) is 0 Å². The van der Waals surface area contributed by atoms with Crippen molar-refractivity contribution in [2.24, 2.45) is 34.6 Å². The van der Waals surface area contributed by atoms with Crippen LogP contribution in [0.2, 0.25) is 0 Å². The van der Waals surface area contributed by atoms with E-state index in [-0.39, 0.29) is 54.1 Å². The lowest BCUT2D eigenvalue weighted by atomic mass is 9.88. The molecule has 0 bridgehead atoms. The molecule has 0 heterocycles. The molecule has 0 rings (SSSR count). The first-order chi connectivity index (χ1) is 24.1. The zero-order chi connectivity index (χ0) is 38.7. The number of amides is 4. The van der Waals surface area contributed by atoms with Crippen LogP contribution in [0.25, 0.3) is 0 Å². The molecule has 0 unspecified atom stereocenters. The Hall–Kier alpha value is -2.86. The molecule has 0 aliphatic heterocycles. The summed E-state index contributed by atoms with van der Waals surface area (Å²) in [5.74, 6) is -1.88. The van der Waals surface area contributed by atoms with Gasteiger partial charge in [-0.05, 0) is 82.8 Å². The third kappa shape index (κ3) is 27.5. The van der Waals surface area contributed by atoms with Crippen LogP contribution in [-0.2, 0) is 24.0 Å². The van der Waals surface area contributed by atoms with Crippen molar-refractivity contribution in [3.63, 3.8) is 0 Å². The molecule has 12 heteroatoms. The number of unbranched alkanes of at least 4 members (excludes halogenated alkanes) is 7. The summed E-state index contributed by atoms with van der Waals surface area (Å²) in [7, 11) is 0. The van der Waals surface area contributed by atoms with Crippen molar-refractivity contribution in [3.05, 3.63) is 0 Å². The highest BCUT2D eigenvalue weighted by Crippen LogP contribution is 2.21. The molecular formula is C39H74N6O6. The average Bonchev–Trinajstić information content (AvgIpc) is 3.03. The second-order valence-corrected chi connectivity index (χ2v) is 15.8. The fraction of sp³-hybridized carbons (Fsp3) is 0.846. The zero-order valence-corrected chi connectivity index (χ0v) is 33.0. The van der Waals surface area contributed by atoms with Gasteiger partial charge in [-0.1, -0.05) is 73.1 Å². The van der Waals surface area contributed by atoms with Crippen LogP contribution in [0.1, 0.15) is 151 Å². The molecule has 0 saturated heterocycles. The Morgan fingerprint density at radius 3 is 1.80 bits per heavy atom. The van der Waals surface area contributed by atoms with Crippen LogP contribution in [0.4, 0.5) is 4.79 Å². The molecule has 51 heavy (non-hydrogen) atoms. The summed E-state index contributed by atoms with van der Waals surface area (Å²) < 4.78 is 0. The minimum absolute atomic E-state index is 0.0519. The highest BCUT2D eigenvalue weighted by atomic mass is 16.2. The third-order valence-electron chi connectivity index (χ3n) is 8.94. The number of primary amides is 1. The third-order valence-corrected chi connectivity index (χ3v) is 8.94. The number of Topliss-reactive ketones (excluding diaryl/α,β-unsaturated/α-hetero) is 3. The molecule has 0 aliphatic rings. The fourth-order valence-corrected chi connectivity index (χ4v) is 6.18. The lowest BCUT2D eigenvalue weighted by Crippen LogP contribution is -2.48. The first kappa shape index (κ1) is 48.1. The highest BCUT2D eigenvalue weighted by molar-refractivity contribution is 5.94. The van der Waals surface area contributed by atoms with Crippen LogP contribution in [0.5, 0.6) is 0 Å². The summed E-state index contributed by atoms with van der Waals surface area (Å²) in [4.78, 5) is 74.9. The number of nitrogens with two attached hydrogens (primary N) is 2. The Morgan fingerprint density at radius 1 is 0.647 bits per heavy atom. The maximum atomic E-state index is 13.5. The maximum absolute atomic E-state index is 13.5. The predicted octanol–water partition coefficient (Wildman–Crippen LogP) is 5.10. The number of urea groups is 1. The number of nitrogens with one attached hydrogen (secondary N) is 4. The van der Waals surface area contributed by atoms with Crippen LogP contribution < -0.4 is 32.7 Å². The van der Waals surface area contributed by atoms with Crippen LogP contribution >= 0.6 is 0 Å². The number of carbonyl (C=O) groups excluding carboxylic acids is 6. The Bertz CT molecular complexity index is 1030. The summed E-state index contributed by atoms with van der Waals surface area (Å²) in [5.41, 5.74) is 10.9. The van der Waals surface area contributed by atoms with E-state index < -0.39 is 23.9 Å². The smallest absolute Gasteiger partial charge is 0.312 e. The Morgan fingerprint density at radius 2 is 1.22 bits per heavy atom. The summed E-state index contributed by atoms with van der Waals surface area (Å²) in [6.07, 6.45) is 12.9. The van der Waals surface area contributed by atoms with Crippen LogP contribution in [0.3, 0.4) is 0 Å². The molecule has 12 nitrogen and oxygen atoms in total. The normalized spacial score (nSPS) is 13.3. The minimum Gasteiger partial charge on any atom is -0.356 e. The van der Waals surface area contributed by atoms with Crippen LogP contribution in [0, 0.1) is 23.2 Å². The number of carbonyl (C=O) groups is 6. The van der Waals surface area contributed by atoms with Crippen LogP contribution in [0.15, 0.2) is 0 Å². The van der Waals surface area contributed by atoms with Gasteiger partial charge in [0.2, 0.25) is 11.8 Å². The molecule has 4 amide bonds. The van der Waals surface area contributed by atoms with Gasteiger partial charge in [0.1, 0.15) is 11.6 Å². The van der Waals surface area contributed by atoms with E-state index in [4.69, 9.17) is 11.5 Å². The molecule has 8 N–H and O–H groups in total. The van der Waals surface area contributed by atoms with Crippen molar-refractivity contribution in [3.8, 4) is 0 Å². The average molecular weight is 723 g/mol. The summed E-state index contributed by atoms with van der Waals surface area (Å²) in [5, 5.41) is 11.8. The molecule has 0 aromatic carbocycles. The van der Waals surface area contributed by atoms with E-state index >= 15 is 0 Å². The van der Waals surface area contributed by atoms with Crippen molar-refractivity contribution in [2.45, 2.75) is 157 Å². The van der Waals surface area contributed by atoms with E-state index in [0.29, 0.717) is 57.4 Å². The minimum atomic E-state index is -0.793. The SMILES string of the molecule is CC(=O)C[C@@H](CCCCN)C(=O)N[C@H](C(=O)C[C@@H](CCCNC(N)=O)C(=O)NCCCNCCCCCCCCCC(=O)CC(C)(C)C)C(C)C. The van der Waals surface area contributed by atoms with Gasteiger partial charge in [0.05, 0.1) is 6.04 Å². The molecule has 0 aromatic rings. The van der Waals surface area contributed by atoms with E-state index in [1.807, 2.05) is 13.8 Å². The van der Waals surface area contributed by atoms with Gasteiger partial charge in [0, 0.05) is 50.6 Å². The number of hydrogen-bond acceptors (Lipinski definition) is 8. The number of hydrogen-bond donors (Lipinski definition) is 6. The van der Waals surface area contributed by atoms with Crippen molar-refractivity contribution in [1.82, 2.24) is 21.3 Å². The molecule has 0 fully saturated rings. The Labute approximate surface area is 308 Å². The lowest BCUT2D eigenvalue weighted by molar-refractivity contribution is -0.134. The maximum Gasteiger partial charge on any atom is 0.312 e. The van der Waals surface area contributed by atoms with Gasteiger partial charge in [-0.15, -0.1) is 0 Å². The molecule has 0 spiro atoms. The van der Waals surface area contributed by atoms with E-state index in [9.17, 15) is 28.8 Å². The first-order valence-electron chi connectivity index (χ1n) is 19.6. The van der Waals surface area contributed by atoms with E-state index in [0.717, 1.165) is 51.6 Å². The standard InChI is InChI=1S/C39H74N6O6/c1-29(2)35(45-37(50)31(26-30(3)46)18-13-14-21-40)34(48)27-32(19-16-24-44-38(41)51)36(49)43-25-17-23-42-22-15-11-9-7-8-10-12-20-33(47)28-39(4,5)6/h29,31-32,35,42H,7-28,40H2,1-6H3,(H,43,49)(H,45,50)(H3,41,44,51)/t31-,32-,35+/m1/s1. The Balaban J connectivity index is 4.70. The van der Waals surface area contributed by atoms with Crippen molar-refractivity contribution in [2.75, 3.05) is 32.7 Å². The first-order valence-corrected chi connectivity index (χ1v) is 19.6. The molecule has 3 atom stereocenters. The molecule has 0 aromatic heterocycles. The van der Waals surface area contributed by atoms with Crippen molar-refractivity contribution in [1.29, 1.82) is 0 Å². The van der Waals surface area contributed by atoms with Gasteiger partial charge < -0.3 is 37.5 Å². The van der Waals surface area contributed by atoms with Crippen LogP contribution in [-0.4, -0.2) is 74.0 Å². The van der Waals surface area contributed by atoms with Gasteiger partial charge >= 0.3 is 6.03 Å². The largest absolute Gasteiger partial charge is 0.356 e. The summed E-state index contributed by atoms with van der Waals surface area (Å²) in [6, 6.07) is -1.44. The molecular weight excluding hydrogens is 648 g/mol. The highest BCUT2D eigenvalue weighted by Gasteiger charge is 2.31. The number of ketones is 3.